The molecule has 0 saturated heterocycles. The Morgan fingerprint density at radius 3 is 2.13 bits per heavy atom. The Balaban J connectivity index is 1.50. The molecule has 2 amide bonds. The zero-order chi connectivity index (χ0) is 26.9. The molecule has 0 spiro atoms. The van der Waals surface area contributed by atoms with Gasteiger partial charge in [0, 0.05) is 16.8 Å². The highest BCUT2D eigenvalue weighted by molar-refractivity contribution is 6.11. The standard InChI is InChI=1S/C33H28N2O3/c1-23-9-8-11-25(21-23)22-30(35-32(37)28-13-4-3-5-14-28)33(38)34-29-18-15-27(16-19-29)31(36)20-17-26-12-7-6-10-24(26)2/h3-22H,1-2H3,(H,34,38)(H,35,37)/b20-17+,30-22-. The lowest BCUT2D eigenvalue weighted by Crippen LogP contribution is -2.30. The molecule has 5 heteroatoms. The minimum absolute atomic E-state index is 0.103. The molecule has 0 heterocycles. The first-order chi connectivity index (χ1) is 18.4. The summed E-state index contributed by atoms with van der Waals surface area (Å²) in [6, 6.07) is 30.8. The Bertz CT molecular complexity index is 1520. The second-order valence-corrected chi connectivity index (χ2v) is 8.88. The van der Waals surface area contributed by atoms with E-state index >= 15 is 0 Å². The quantitative estimate of drug-likeness (QED) is 0.211. The second-order valence-electron chi connectivity index (χ2n) is 8.88. The van der Waals surface area contributed by atoms with Gasteiger partial charge in [0.2, 0.25) is 0 Å². The molecule has 4 aromatic rings. The lowest BCUT2D eigenvalue weighted by molar-refractivity contribution is -0.113. The molecular formula is C33H28N2O3. The van der Waals surface area contributed by atoms with Crippen molar-refractivity contribution in [1.82, 2.24) is 5.32 Å². The molecule has 0 aliphatic carbocycles. The van der Waals surface area contributed by atoms with E-state index in [1.165, 1.54) is 6.08 Å². The third kappa shape index (κ3) is 7.02. The third-order valence-electron chi connectivity index (χ3n) is 5.91. The zero-order valence-corrected chi connectivity index (χ0v) is 21.3. The molecular weight excluding hydrogens is 472 g/mol. The molecule has 0 aliphatic heterocycles. The fourth-order valence-corrected chi connectivity index (χ4v) is 3.82. The van der Waals surface area contributed by atoms with Gasteiger partial charge in [0.25, 0.3) is 11.8 Å². The molecule has 0 aliphatic rings. The SMILES string of the molecule is Cc1cccc(/C=C(\NC(=O)c2ccccc2)C(=O)Nc2ccc(C(=O)/C=C/c3ccccc3C)cc2)c1. The molecule has 5 nitrogen and oxygen atoms in total. The van der Waals surface area contributed by atoms with E-state index in [-0.39, 0.29) is 17.4 Å². The van der Waals surface area contributed by atoms with Crippen molar-refractivity contribution in [3.63, 3.8) is 0 Å². The molecule has 2 N–H and O–H groups in total. The number of carbonyl (C=O) groups excluding carboxylic acids is 3. The van der Waals surface area contributed by atoms with Crippen molar-refractivity contribution < 1.29 is 14.4 Å². The number of aryl methyl sites for hydroxylation is 2. The van der Waals surface area contributed by atoms with Gasteiger partial charge in [-0.05, 0) is 79.1 Å². The van der Waals surface area contributed by atoms with Gasteiger partial charge in [-0.3, -0.25) is 14.4 Å². The fraction of sp³-hybridized carbons (Fsp3) is 0.0606. The summed E-state index contributed by atoms with van der Waals surface area (Å²) in [6.07, 6.45) is 4.97. The average molecular weight is 501 g/mol. The van der Waals surface area contributed by atoms with E-state index in [0.717, 1.165) is 22.3 Å². The molecule has 4 rings (SSSR count). The number of hydrogen-bond donors (Lipinski definition) is 2. The molecule has 0 fully saturated rings. The summed E-state index contributed by atoms with van der Waals surface area (Å²) >= 11 is 0. The van der Waals surface area contributed by atoms with Crippen molar-refractivity contribution in [3.05, 3.63) is 148 Å². The van der Waals surface area contributed by atoms with Crippen molar-refractivity contribution in [2.24, 2.45) is 0 Å². The lowest BCUT2D eigenvalue weighted by atomic mass is 10.1. The third-order valence-corrected chi connectivity index (χ3v) is 5.91. The molecule has 0 saturated carbocycles. The predicted octanol–water partition coefficient (Wildman–Crippen LogP) is 6.61. The van der Waals surface area contributed by atoms with Crippen LogP contribution in [0.15, 0.2) is 115 Å². The van der Waals surface area contributed by atoms with Crippen LogP contribution in [-0.4, -0.2) is 17.6 Å². The monoisotopic (exact) mass is 500 g/mol. The van der Waals surface area contributed by atoms with Crippen LogP contribution < -0.4 is 10.6 Å². The van der Waals surface area contributed by atoms with Crippen LogP contribution in [0.3, 0.4) is 0 Å². The van der Waals surface area contributed by atoms with E-state index in [9.17, 15) is 14.4 Å². The average Bonchev–Trinajstić information content (AvgIpc) is 2.93. The highest BCUT2D eigenvalue weighted by atomic mass is 16.2. The van der Waals surface area contributed by atoms with Crippen LogP contribution in [0.25, 0.3) is 12.2 Å². The minimum atomic E-state index is -0.477. The Morgan fingerprint density at radius 2 is 1.42 bits per heavy atom. The second kappa shape index (κ2) is 12.3. The van der Waals surface area contributed by atoms with Gasteiger partial charge in [-0.1, -0.05) is 78.4 Å². The van der Waals surface area contributed by atoms with Crippen molar-refractivity contribution in [2.45, 2.75) is 13.8 Å². The summed E-state index contributed by atoms with van der Waals surface area (Å²) in [6.45, 7) is 3.95. The maximum Gasteiger partial charge on any atom is 0.272 e. The van der Waals surface area contributed by atoms with Gasteiger partial charge in [0.1, 0.15) is 5.70 Å². The summed E-state index contributed by atoms with van der Waals surface area (Å²) in [7, 11) is 0. The Kier molecular flexibility index (Phi) is 8.42. The van der Waals surface area contributed by atoms with E-state index in [1.807, 2.05) is 68.4 Å². The van der Waals surface area contributed by atoms with Gasteiger partial charge < -0.3 is 10.6 Å². The maximum atomic E-state index is 13.2. The molecule has 0 aromatic heterocycles. The van der Waals surface area contributed by atoms with Crippen molar-refractivity contribution in [2.75, 3.05) is 5.32 Å². The van der Waals surface area contributed by atoms with E-state index in [4.69, 9.17) is 0 Å². The summed E-state index contributed by atoms with van der Waals surface area (Å²) in [5.74, 6) is -1.00. The first-order valence-electron chi connectivity index (χ1n) is 12.2. The van der Waals surface area contributed by atoms with Gasteiger partial charge in [-0.2, -0.15) is 0 Å². The van der Waals surface area contributed by atoms with Gasteiger partial charge >= 0.3 is 0 Å². The lowest BCUT2D eigenvalue weighted by Gasteiger charge is -2.12. The number of ketones is 1. The highest BCUT2D eigenvalue weighted by Crippen LogP contribution is 2.15. The number of rotatable bonds is 8. The van der Waals surface area contributed by atoms with Gasteiger partial charge in [0.05, 0.1) is 0 Å². The number of benzene rings is 4. The van der Waals surface area contributed by atoms with Crippen LogP contribution in [0, 0.1) is 13.8 Å². The Hall–Kier alpha value is -5.03. The van der Waals surface area contributed by atoms with Crippen LogP contribution in [-0.2, 0) is 4.79 Å². The summed E-state index contributed by atoms with van der Waals surface area (Å²) in [4.78, 5) is 38.6. The molecule has 0 radical (unpaired) electrons. The molecule has 0 atom stereocenters. The molecule has 0 unspecified atom stereocenters. The molecule has 0 bridgehead atoms. The van der Waals surface area contributed by atoms with E-state index in [1.54, 1.807) is 60.7 Å². The van der Waals surface area contributed by atoms with Gasteiger partial charge in [0.15, 0.2) is 5.78 Å². The summed E-state index contributed by atoms with van der Waals surface area (Å²) in [5.41, 5.74) is 5.43. The number of carbonyl (C=O) groups is 3. The van der Waals surface area contributed by atoms with E-state index in [0.29, 0.717) is 16.8 Å². The number of nitrogens with one attached hydrogen (secondary N) is 2. The molecule has 38 heavy (non-hydrogen) atoms. The maximum absolute atomic E-state index is 13.2. The predicted molar refractivity (Wildman–Crippen MR) is 153 cm³/mol. The van der Waals surface area contributed by atoms with Gasteiger partial charge in [-0.25, -0.2) is 0 Å². The van der Waals surface area contributed by atoms with Gasteiger partial charge in [-0.15, -0.1) is 0 Å². The minimum Gasteiger partial charge on any atom is -0.321 e. The zero-order valence-electron chi connectivity index (χ0n) is 21.3. The molecule has 4 aromatic carbocycles. The van der Waals surface area contributed by atoms with E-state index in [2.05, 4.69) is 10.6 Å². The largest absolute Gasteiger partial charge is 0.321 e. The van der Waals surface area contributed by atoms with Crippen molar-refractivity contribution in [1.29, 1.82) is 0 Å². The smallest absolute Gasteiger partial charge is 0.272 e. The number of hydrogen-bond acceptors (Lipinski definition) is 3. The Morgan fingerprint density at radius 1 is 0.711 bits per heavy atom. The van der Waals surface area contributed by atoms with Crippen molar-refractivity contribution >= 4 is 35.4 Å². The summed E-state index contributed by atoms with van der Waals surface area (Å²) in [5, 5.41) is 5.55. The first-order valence-corrected chi connectivity index (χ1v) is 12.2. The number of allylic oxidation sites excluding steroid dienone is 1. The van der Waals surface area contributed by atoms with Crippen molar-refractivity contribution in [3.8, 4) is 0 Å². The first kappa shape index (κ1) is 26.0. The van der Waals surface area contributed by atoms with Crippen LogP contribution in [0.1, 0.15) is 43.0 Å². The highest BCUT2D eigenvalue weighted by Gasteiger charge is 2.15. The summed E-state index contributed by atoms with van der Waals surface area (Å²) < 4.78 is 0. The topological polar surface area (TPSA) is 75.3 Å². The van der Waals surface area contributed by atoms with E-state index < -0.39 is 5.91 Å². The van der Waals surface area contributed by atoms with Crippen LogP contribution >= 0.6 is 0 Å². The Labute approximate surface area is 222 Å². The normalized spacial score (nSPS) is 11.3. The van der Waals surface area contributed by atoms with Crippen LogP contribution in [0.5, 0.6) is 0 Å². The van der Waals surface area contributed by atoms with Crippen LogP contribution in [0.2, 0.25) is 0 Å². The fourth-order valence-electron chi connectivity index (χ4n) is 3.82. The van der Waals surface area contributed by atoms with Crippen LogP contribution in [0.4, 0.5) is 5.69 Å². The number of anilines is 1. The number of amides is 2. The molecule has 188 valence electrons.